The summed E-state index contributed by atoms with van der Waals surface area (Å²) in [6.45, 7) is 6.50. The largest absolute Gasteiger partial charge is 0.243 e. The molecular formula is C14H20ClNO2S. The molecule has 106 valence electrons. The molecule has 0 bridgehead atoms. The molecule has 0 aliphatic carbocycles. The highest BCUT2D eigenvalue weighted by molar-refractivity contribution is 7.89. The van der Waals surface area contributed by atoms with Crippen LogP contribution in [0.1, 0.15) is 37.8 Å². The number of aryl methyl sites for hydroxylation is 1. The third-order valence-corrected chi connectivity index (χ3v) is 6.27. The Morgan fingerprint density at radius 2 is 2.05 bits per heavy atom. The van der Waals surface area contributed by atoms with Crippen LogP contribution in [0.5, 0.6) is 0 Å². The summed E-state index contributed by atoms with van der Waals surface area (Å²) in [5.74, 6) is 0.332. The van der Waals surface area contributed by atoms with Gasteiger partial charge in [0.25, 0.3) is 0 Å². The second-order valence-electron chi connectivity index (χ2n) is 5.72. The van der Waals surface area contributed by atoms with Crippen molar-refractivity contribution in [2.24, 2.45) is 0 Å². The van der Waals surface area contributed by atoms with Crippen LogP contribution >= 0.6 is 11.6 Å². The van der Waals surface area contributed by atoms with Gasteiger partial charge in [0.2, 0.25) is 10.0 Å². The molecule has 0 radical (unpaired) electrons. The van der Waals surface area contributed by atoms with Crippen LogP contribution in [-0.2, 0) is 15.9 Å². The molecule has 0 N–H and O–H groups in total. The van der Waals surface area contributed by atoms with Gasteiger partial charge in [-0.2, -0.15) is 4.31 Å². The van der Waals surface area contributed by atoms with E-state index in [9.17, 15) is 8.42 Å². The number of halogens is 1. The number of hydrogen-bond acceptors (Lipinski definition) is 2. The third kappa shape index (κ3) is 2.67. The van der Waals surface area contributed by atoms with Crippen LogP contribution in [0.25, 0.3) is 0 Å². The molecule has 0 unspecified atom stereocenters. The molecule has 5 heteroatoms. The molecule has 1 saturated heterocycles. The van der Waals surface area contributed by atoms with Gasteiger partial charge in [0.05, 0.1) is 4.90 Å². The van der Waals surface area contributed by atoms with Gasteiger partial charge in [0.1, 0.15) is 0 Å². The van der Waals surface area contributed by atoms with Crippen molar-refractivity contribution in [3.05, 3.63) is 29.3 Å². The summed E-state index contributed by atoms with van der Waals surface area (Å²) in [5, 5.41) is 0. The van der Waals surface area contributed by atoms with E-state index >= 15 is 0 Å². The molecule has 0 amide bonds. The number of hydrogen-bond donors (Lipinski definition) is 0. The summed E-state index contributed by atoms with van der Waals surface area (Å²) >= 11 is 5.86. The summed E-state index contributed by atoms with van der Waals surface area (Å²) < 4.78 is 27.0. The lowest BCUT2D eigenvalue weighted by molar-refractivity contribution is 0.291. The van der Waals surface area contributed by atoms with Crippen LogP contribution in [0, 0.1) is 6.92 Å². The zero-order valence-corrected chi connectivity index (χ0v) is 13.2. The SMILES string of the molecule is Cc1ccc(S(=O)(=O)N2CCCC2(C)C)cc1CCl. The highest BCUT2D eigenvalue weighted by Crippen LogP contribution is 2.34. The van der Waals surface area contributed by atoms with Crippen molar-refractivity contribution in [1.82, 2.24) is 4.31 Å². The highest BCUT2D eigenvalue weighted by atomic mass is 35.5. The monoisotopic (exact) mass is 301 g/mol. The van der Waals surface area contributed by atoms with E-state index in [4.69, 9.17) is 11.6 Å². The quantitative estimate of drug-likeness (QED) is 0.803. The van der Waals surface area contributed by atoms with Crippen molar-refractivity contribution in [2.75, 3.05) is 6.54 Å². The fourth-order valence-corrected chi connectivity index (χ4v) is 4.79. The minimum absolute atomic E-state index is 0.301. The smallest absolute Gasteiger partial charge is 0.207 e. The minimum atomic E-state index is -3.42. The zero-order valence-electron chi connectivity index (χ0n) is 11.6. The van der Waals surface area contributed by atoms with Crippen molar-refractivity contribution in [3.63, 3.8) is 0 Å². The Morgan fingerprint density at radius 3 is 2.58 bits per heavy atom. The van der Waals surface area contributed by atoms with Crippen LogP contribution in [0.2, 0.25) is 0 Å². The van der Waals surface area contributed by atoms with E-state index in [0.717, 1.165) is 24.0 Å². The number of nitrogens with zero attached hydrogens (tertiary/aromatic N) is 1. The molecule has 1 heterocycles. The summed E-state index contributed by atoms with van der Waals surface area (Å²) in [6, 6.07) is 5.20. The lowest BCUT2D eigenvalue weighted by atomic mass is 10.0. The first-order valence-electron chi connectivity index (χ1n) is 6.47. The molecule has 19 heavy (non-hydrogen) atoms. The fraction of sp³-hybridized carbons (Fsp3) is 0.571. The third-order valence-electron chi connectivity index (χ3n) is 3.88. The van der Waals surface area contributed by atoms with Crippen molar-refractivity contribution < 1.29 is 8.42 Å². The van der Waals surface area contributed by atoms with E-state index in [1.807, 2.05) is 26.8 Å². The Labute approximate surface area is 120 Å². The average molecular weight is 302 g/mol. The maximum absolute atomic E-state index is 12.7. The van der Waals surface area contributed by atoms with Crippen molar-refractivity contribution in [3.8, 4) is 0 Å². The zero-order chi connectivity index (χ0) is 14.3. The van der Waals surface area contributed by atoms with Crippen molar-refractivity contribution in [1.29, 1.82) is 0 Å². The van der Waals surface area contributed by atoms with Crippen LogP contribution < -0.4 is 0 Å². The maximum atomic E-state index is 12.7. The summed E-state index contributed by atoms with van der Waals surface area (Å²) in [6.07, 6.45) is 1.82. The van der Waals surface area contributed by atoms with Crippen LogP contribution in [0.4, 0.5) is 0 Å². The van der Waals surface area contributed by atoms with Gasteiger partial charge in [-0.1, -0.05) is 6.07 Å². The van der Waals surface area contributed by atoms with E-state index in [1.165, 1.54) is 0 Å². The summed E-state index contributed by atoms with van der Waals surface area (Å²) in [7, 11) is -3.42. The van der Waals surface area contributed by atoms with E-state index in [1.54, 1.807) is 16.4 Å². The molecule has 3 nitrogen and oxygen atoms in total. The normalized spacial score (nSPS) is 19.8. The lowest BCUT2D eigenvalue weighted by Crippen LogP contribution is -2.42. The van der Waals surface area contributed by atoms with E-state index in [2.05, 4.69) is 0 Å². The van der Waals surface area contributed by atoms with Gasteiger partial charge >= 0.3 is 0 Å². The van der Waals surface area contributed by atoms with E-state index in [0.29, 0.717) is 17.3 Å². The van der Waals surface area contributed by atoms with Crippen LogP contribution in [0.15, 0.2) is 23.1 Å². The predicted octanol–water partition coefficient (Wildman–Crippen LogP) is 3.30. The Balaban J connectivity index is 2.45. The Hall–Kier alpha value is -0.580. The van der Waals surface area contributed by atoms with Gasteiger partial charge in [-0.05, 0) is 56.9 Å². The van der Waals surface area contributed by atoms with Crippen LogP contribution in [-0.4, -0.2) is 24.8 Å². The van der Waals surface area contributed by atoms with Crippen LogP contribution in [0.3, 0.4) is 0 Å². The van der Waals surface area contributed by atoms with Gasteiger partial charge in [-0.3, -0.25) is 0 Å². The molecule has 1 aromatic carbocycles. The summed E-state index contributed by atoms with van der Waals surface area (Å²) in [5.41, 5.74) is 1.60. The molecule has 1 aliphatic heterocycles. The molecule has 1 fully saturated rings. The minimum Gasteiger partial charge on any atom is -0.207 e. The highest BCUT2D eigenvalue weighted by Gasteiger charge is 2.40. The number of sulfonamides is 1. The standard InChI is InChI=1S/C14H20ClNO2S/c1-11-5-6-13(9-12(11)10-15)19(17,18)16-8-4-7-14(16,2)3/h5-6,9H,4,7-8,10H2,1-3H3. The first-order chi connectivity index (χ1) is 8.79. The average Bonchev–Trinajstić information content (AvgIpc) is 2.70. The molecular weight excluding hydrogens is 282 g/mol. The molecule has 2 rings (SSSR count). The Kier molecular flexibility index (Phi) is 3.96. The molecule has 1 aliphatic rings. The molecule has 0 spiro atoms. The topological polar surface area (TPSA) is 37.4 Å². The number of alkyl halides is 1. The summed E-state index contributed by atoms with van der Waals surface area (Å²) in [4.78, 5) is 0.351. The Bertz CT molecular complexity index is 581. The second kappa shape index (κ2) is 5.08. The van der Waals surface area contributed by atoms with Gasteiger partial charge in [-0.25, -0.2) is 8.42 Å². The van der Waals surface area contributed by atoms with Gasteiger partial charge in [0, 0.05) is 18.0 Å². The molecule has 1 aromatic rings. The second-order valence-corrected chi connectivity index (χ2v) is 7.84. The lowest BCUT2D eigenvalue weighted by Gasteiger charge is -2.30. The molecule has 0 aromatic heterocycles. The van der Waals surface area contributed by atoms with Gasteiger partial charge in [0.15, 0.2) is 0 Å². The van der Waals surface area contributed by atoms with E-state index < -0.39 is 10.0 Å². The first-order valence-corrected chi connectivity index (χ1v) is 8.45. The Morgan fingerprint density at radius 1 is 1.37 bits per heavy atom. The predicted molar refractivity (Wildman–Crippen MR) is 77.9 cm³/mol. The van der Waals surface area contributed by atoms with Crippen molar-refractivity contribution >= 4 is 21.6 Å². The van der Waals surface area contributed by atoms with Gasteiger partial charge < -0.3 is 0 Å². The molecule has 0 atom stereocenters. The molecule has 0 saturated carbocycles. The van der Waals surface area contributed by atoms with Crippen molar-refractivity contribution in [2.45, 2.75) is 49.9 Å². The maximum Gasteiger partial charge on any atom is 0.243 e. The number of rotatable bonds is 3. The first kappa shape index (κ1) is 14.8. The van der Waals surface area contributed by atoms with E-state index in [-0.39, 0.29) is 5.54 Å². The van der Waals surface area contributed by atoms with Gasteiger partial charge in [-0.15, -0.1) is 11.6 Å². The fourth-order valence-electron chi connectivity index (χ4n) is 2.61. The number of benzene rings is 1.